The predicted octanol–water partition coefficient (Wildman–Crippen LogP) is 11.7. The van der Waals surface area contributed by atoms with Gasteiger partial charge in [-0.25, -0.2) is 4.99 Å². The van der Waals surface area contributed by atoms with E-state index in [9.17, 15) is 0 Å². The van der Waals surface area contributed by atoms with Gasteiger partial charge in [0, 0.05) is 22.0 Å². The molecule has 0 saturated heterocycles. The number of para-hydroxylation sites is 2. The second-order valence-electron chi connectivity index (χ2n) is 15.6. The van der Waals surface area contributed by atoms with Crippen LogP contribution >= 0.6 is 0 Å². The standard InChI is InChI=1S/C52H44N6/c1-5-17-35(18-6-1)42-33-43(36-19-7-2-8-20-36)54-51(53-42)57-47-28-16-14-26-41(47)49-48(57)32-31-40-30-29-39-25-13-15-27-46(39)58(50(40)49)52-55-44(37-21-9-3-10-22-37)34-45(56-52)38-23-11-4-12-24-38/h1-3,5-10,13-23,25-34,42,45,51,53-54H,4,11-12,24H2,(H,55,56). The molecule has 0 amide bonds. The maximum absolute atomic E-state index is 5.53. The molecule has 282 valence electrons. The van der Waals surface area contributed by atoms with Gasteiger partial charge >= 0.3 is 0 Å². The number of nitrogens with one attached hydrogen (secondary N) is 3. The van der Waals surface area contributed by atoms with Crippen molar-refractivity contribution in [1.29, 1.82) is 0 Å². The molecule has 1 aliphatic carbocycles. The molecule has 6 nitrogen and oxygen atoms in total. The Labute approximate surface area is 339 Å². The highest BCUT2D eigenvalue weighted by molar-refractivity contribution is 6.22. The van der Waals surface area contributed by atoms with Gasteiger partial charge in [0.2, 0.25) is 5.96 Å². The second-order valence-corrected chi connectivity index (χ2v) is 15.6. The summed E-state index contributed by atoms with van der Waals surface area (Å²) in [5.41, 5.74) is 13.8. The highest BCUT2D eigenvalue weighted by atomic mass is 15.4. The Morgan fingerprint density at radius 1 is 0.586 bits per heavy atom. The summed E-state index contributed by atoms with van der Waals surface area (Å²) in [5.74, 6) is 0.826. The lowest BCUT2D eigenvalue weighted by Crippen LogP contribution is -2.46. The molecule has 3 aliphatic heterocycles. The molecular weight excluding hydrogens is 709 g/mol. The van der Waals surface area contributed by atoms with Crippen LogP contribution in [0.25, 0.3) is 45.4 Å². The van der Waals surface area contributed by atoms with Gasteiger partial charge in [0.05, 0.1) is 40.2 Å². The molecule has 6 heteroatoms. The van der Waals surface area contributed by atoms with Crippen LogP contribution in [0.2, 0.25) is 0 Å². The van der Waals surface area contributed by atoms with E-state index in [0.717, 1.165) is 74.9 Å². The Kier molecular flexibility index (Phi) is 8.63. The van der Waals surface area contributed by atoms with Crippen LogP contribution < -0.4 is 20.9 Å². The summed E-state index contributed by atoms with van der Waals surface area (Å²) in [4.78, 5) is 7.93. The van der Waals surface area contributed by atoms with Crippen molar-refractivity contribution in [3.05, 3.63) is 203 Å². The Morgan fingerprint density at radius 2 is 1.31 bits per heavy atom. The van der Waals surface area contributed by atoms with Crippen molar-refractivity contribution in [2.75, 3.05) is 4.90 Å². The number of anilines is 2. The fourth-order valence-corrected chi connectivity index (χ4v) is 9.26. The highest BCUT2D eigenvalue weighted by Gasteiger charge is 2.33. The van der Waals surface area contributed by atoms with E-state index in [-0.39, 0.29) is 18.4 Å². The first-order chi connectivity index (χ1) is 28.8. The van der Waals surface area contributed by atoms with E-state index in [1.54, 1.807) is 0 Å². The molecular formula is C52H44N6. The maximum Gasteiger partial charge on any atom is 0.209 e. The number of nitrogens with zero attached hydrogens (tertiary/aromatic N) is 3. The van der Waals surface area contributed by atoms with Crippen molar-refractivity contribution in [1.82, 2.24) is 20.5 Å². The number of allylic oxidation sites excluding steroid dienone is 1. The second kappa shape index (κ2) is 14.6. The average molecular weight is 753 g/mol. The van der Waals surface area contributed by atoms with E-state index in [0.29, 0.717) is 0 Å². The maximum atomic E-state index is 5.53. The third-order valence-corrected chi connectivity index (χ3v) is 12.0. The SMILES string of the molecule is C1=Cc2ccc3c(c2N(C2=NC(c4ccccc4)=CC(C4=CCCCC4)N2)c2ccccc21)c1ccccc1n3C1NC(c2ccccc2)=CC(c2ccccc2)N1. The molecule has 4 heterocycles. The molecule has 0 saturated carbocycles. The third kappa shape index (κ3) is 6.05. The molecule has 3 N–H and O–H groups in total. The number of rotatable bonds is 5. The Hall–Kier alpha value is -6.89. The van der Waals surface area contributed by atoms with Crippen molar-refractivity contribution < 1.29 is 0 Å². The zero-order valence-corrected chi connectivity index (χ0v) is 32.2. The predicted molar refractivity (Wildman–Crippen MR) is 241 cm³/mol. The number of hydrogen-bond acceptors (Lipinski definition) is 5. The normalized spacial score (nSPS) is 20.1. The molecule has 0 bridgehead atoms. The van der Waals surface area contributed by atoms with Crippen LogP contribution in [0.5, 0.6) is 0 Å². The smallest absolute Gasteiger partial charge is 0.209 e. The molecule has 0 spiro atoms. The Morgan fingerprint density at radius 3 is 2.12 bits per heavy atom. The van der Waals surface area contributed by atoms with Crippen LogP contribution in [0.15, 0.2) is 180 Å². The summed E-state index contributed by atoms with van der Waals surface area (Å²) in [7, 11) is 0. The average Bonchev–Trinajstić information content (AvgIpc) is 3.54. The summed E-state index contributed by atoms with van der Waals surface area (Å²) in [6.07, 6.45) is 16.0. The van der Waals surface area contributed by atoms with E-state index in [4.69, 9.17) is 4.99 Å². The van der Waals surface area contributed by atoms with E-state index >= 15 is 0 Å². The van der Waals surface area contributed by atoms with Gasteiger partial charge in [-0.2, -0.15) is 0 Å². The lowest BCUT2D eigenvalue weighted by molar-refractivity contribution is 0.350. The van der Waals surface area contributed by atoms with Gasteiger partial charge in [-0.15, -0.1) is 0 Å². The number of fused-ring (bicyclic) bond motifs is 6. The fraction of sp³-hybridized carbons (Fsp3) is 0.135. The van der Waals surface area contributed by atoms with Crippen LogP contribution in [0.1, 0.15) is 65.8 Å². The van der Waals surface area contributed by atoms with Crippen molar-refractivity contribution in [3.8, 4) is 0 Å². The molecule has 58 heavy (non-hydrogen) atoms. The van der Waals surface area contributed by atoms with Crippen molar-refractivity contribution >= 4 is 62.7 Å². The van der Waals surface area contributed by atoms with Crippen LogP contribution in [0, 0.1) is 0 Å². The minimum absolute atomic E-state index is 0.0129. The van der Waals surface area contributed by atoms with Gasteiger partial charge in [-0.3, -0.25) is 10.2 Å². The first-order valence-electron chi connectivity index (χ1n) is 20.6. The van der Waals surface area contributed by atoms with Gasteiger partial charge in [-0.05, 0) is 83.9 Å². The summed E-state index contributed by atoms with van der Waals surface area (Å²) in [6, 6.07) is 54.2. The van der Waals surface area contributed by atoms with E-state index in [1.165, 1.54) is 34.8 Å². The van der Waals surface area contributed by atoms with Crippen LogP contribution in [-0.4, -0.2) is 16.6 Å². The molecule has 0 fully saturated rings. The Bertz CT molecular complexity index is 2830. The lowest BCUT2D eigenvalue weighted by atomic mass is 9.92. The summed E-state index contributed by atoms with van der Waals surface area (Å²) in [5, 5.41) is 14.3. The first kappa shape index (κ1) is 34.4. The number of aliphatic imine (C=N–C) groups is 1. The molecule has 6 aromatic carbocycles. The van der Waals surface area contributed by atoms with E-state index < -0.39 is 0 Å². The summed E-state index contributed by atoms with van der Waals surface area (Å²) < 4.78 is 2.45. The monoisotopic (exact) mass is 752 g/mol. The van der Waals surface area contributed by atoms with Crippen molar-refractivity contribution in [2.24, 2.45) is 4.99 Å². The highest BCUT2D eigenvalue weighted by Crippen LogP contribution is 2.46. The topological polar surface area (TPSA) is 56.6 Å². The van der Waals surface area contributed by atoms with Crippen LogP contribution in [0.4, 0.5) is 11.4 Å². The molecule has 11 rings (SSSR count). The fourth-order valence-electron chi connectivity index (χ4n) is 9.26. The van der Waals surface area contributed by atoms with Crippen LogP contribution in [0.3, 0.4) is 0 Å². The quantitative estimate of drug-likeness (QED) is 0.153. The van der Waals surface area contributed by atoms with Gasteiger partial charge < -0.3 is 15.2 Å². The number of benzene rings is 6. The largest absolute Gasteiger partial charge is 0.352 e. The van der Waals surface area contributed by atoms with E-state index in [1.807, 2.05) is 0 Å². The molecule has 7 aromatic rings. The molecule has 3 unspecified atom stereocenters. The van der Waals surface area contributed by atoms with Crippen LogP contribution in [-0.2, 0) is 0 Å². The van der Waals surface area contributed by atoms with Gasteiger partial charge in [0.15, 0.2) is 6.29 Å². The number of guanidine groups is 1. The molecule has 4 aliphatic rings. The van der Waals surface area contributed by atoms with Crippen molar-refractivity contribution in [3.63, 3.8) is 0 Å². The minimum atomic E-state index is -0.256. The number of hydrogen-bond donors (Lipinski definition) is 3. The zero-order valence-electron chi connectivity index (χ0n) is 32.2. The summed E-state index contributed by atoms with van der Waals surface area (Å²) >= 11 is 0. The van der Waals surface area contributed by atoms with Gasteiger partial charge in [0.1, 0.15) is 0 Å². The first-order valence-corrected chi connectivity index (χ1v) is 20.6. The van der Waals surface area contributed by atoms with Gasteiger partial charge in [0.25, 0.3) is 0 Å². The molecule has 1 aromatic heterocycles. The zero-order chi connectivity index (χ0) is 38.4. The third-order valence-electron chi connectivity index (χ3n) is 12.0. The van der Waals surface area contributed by atoms with Crippen molar-refractivity contribution in [2.45, 2.75) is 44.1 Å². The molecule has 3 atom stereocenters. The molecule has 0 radical (unpaired) electrons. The Balaban J connectivity index is 1.13. The number of aromatic nitrogens is 1. The van der Waals surface area contributed by atoms with E-state index in [2.05, 4.69) is 207 Å². The summed E-state index contributed by atoms with van der Waals surface area (Å²) in [6.45, 7) is 0. The minimum Gasteiger partial charge on any atom is -0.352 e. The lowest BCUT2D eigenvalue weighted by Gasteiger charge is -2.35. The van der Waals surface area contributed by atoms with Gasteiger partial charge in [-0.1, -0.05) is 152 Å².